The minimum Gasteiger partial charge on any atom is -0.462 e. The first-order valence-corrected chi connectivity index (χ1v) is 8.19. The van der Waals surface area contributed by atoms with E-state index in [1.807, 2.05) is 0 Å². The number of fused-ring (bicyclic) bond motifs is 1. The number of carbonyl (C=O) groups is 3. The van der Waals surface area contributed by atoms with Crippen LogP contribution in [-0.2, 0) is 20.8 Å². The molecule has 9 heteroatoms. The van der Waals surface area contributed by atoms with E-state index in [0.29, 0.717) is 16.7 Å². The Morgan fingerprint density at radius 3 is 1.81 bits per heavy atom. The highest BCUT2D eigenvalue weighted by atomic mass is 16.6. The van der Waals surface area contributed by atoms with Gasteiger partial charge >= 0.3 is 18.0 Å². The van der Waals surface area contributed by atoms with Crippen LogP contribution in [0.1, 0.15) is 40.1 Å². The maximum atomic E-state index is 12.4. The highest BCUT2D eigenvalue weighted by molar-refractivity contribution is 6.15. The summed E-state index contributed by atoms with van der Waals surface area (Å²) in [4.78, 5) is 35.7. The molecule has 0 atom stereocenters. The molecular weight excluding hydrogens is 356 g/mol. The van der Waals surface area contributed by atoms with E-state index >= 15 is 0 Å². The number of hydrogen-bond acceptors (Lipinski definition) is 8. The van der Waals surface area contributed by atoms with Crippen LogP contribution in [0.15, 0.2) is 24.3 Å². The van der Waals surface area contributed by atoms with E-state index < -0.39 is 18.0 Å². The molecule has 2 rings (SSSR count). The predicted octanol–water partition coefficient (Wildman–Crippen LogP) is 2.34. The molecule has 9 nitrogen and oxygen atoms in total. The van der Waals surface area contributed by atoms with Gasteiger partial charge < -0.3 is 19.9 Å². The molecule has 27 heavy (non-hydrogen) atoms. The second-order valence-corrected chi connectivity index (χ2v) is 5.36. The molecular formula is C18H20N2O7. The molecule has 0 heterocycles. The summed E-state index contributed by atoms with van der Waals surface area (Å²) in [6.45, 7) is 3.48. The van der Waals surface area contributed by atoms with E-state index in [0.717, 1.165) is 0 Å². The molecule has 0 radical (unpaired) electrons. The number of carbonyl (C=O) groups excluding carboxylic acids is 3. The van der Waals surface area contributed by atoms with Crippen LogP contribution in [-0.4, -0.2) is 36.5 Å². The summed E-state index contributed by atoms with van der Waals surface area (Å²) in [5.41, 5.74) is 8.93. The van der Waals surface area contributed by atoms with Crippen LogP contribution in [0.5, 0.6) is 0 Å². The maximum Gasteiger partial charge on any atom is 0.431 e. The Morgan fingerprint density at radius 1 is 0.926 bits per heavy atom. The second kappa shape index (κ2) is 8.86. The largest absolute Gasteiger partial charge is 0.462 e. The van der Waals surface area contributed by atoms with E-state index in [9.17, 15) is 14.4 Å². The molecule has 0 bridgehead atoms. The van der Waals surface area contributed by atoms with Crippen molar-refractivity contribution >= 4 is 23.7 Å². The van der Waals surface area contributed by atoms with E-state index in [1.54, 1.807) is 38.1 Å². The van der Waals surface area contributed by atoms with Crippen molar-refractivity contribution in [3.63, 3.8) is 0 Å². The van der Waals surface area contributed by atoms with Crippen molar-refractivity contribution in [2.24, 2.45) is 0 Å². The summed E-state index contributed by atoms with van der Waals surface area (Å²) in [5.74, 6) is -1.31. The van der Waals surface area contributed by atoms with Crippen LogP contribution in [0.25, 0.3) is 11.1 Å². The Hall–Kier alpha value is -3.33. The van der Waals surface area contributed by atoms with Gasteiger partial charge in [0.15, 0.2) is 0 Å². The third-order valence-corrected chi connectivity index (χ3v) is 3.72. The van der Waals surface area contributed by atoms with Gasteiger partial charge in [0.05, 0.1) is 30.0 Å². The molecule has 2 aliphatic rings. The Balaban J connectivity index is 2.57. The van der Waals surface area contributed by atoms with E-state index in [-0.39, 0.29) is 36.6 Å². The topological polar surface area (TPSA) is 137 Å². The monoisotopic (exact) mass is 376 g/mol. The van der Waals surface area contributed by atoms with Crippen molar-refractivity contribution < 1.29 is 33.8 Å². The molecule has 0 fully saturated rings. The lowest BCUT2D eigenvalue weighted by molar-refractivity contribution is 0.0525. The zero-order valence-electron chi connectivity index (χ0n) is 14.9. The van der Waals surface area contributed by atoms with Crippen molar-refractivity contribution in [2.45, 2.75) is 20.5 Å². The first-order valence-electron chi connectivity index (χ1n) is 8.19. The van der Waals surface area contributed by atoms with Gasteiger partial charge in [0.25, 0.3) is 0 Å². The van der Waals surface area contributed by atoms with Crippen LogP contribution < -0.4 is 11.2 Å². The normalized spacial score (nSPS) is 10.3. The van der Waals surface area contributed by atoms with Gasteiger partial charge in [-0.25, -0.2) is 19.9 Å². The zero-order valence-corrected chi connectivity index (χ0v) is 14.9. The third-order valence-electron chi connectivity index (χ3n) is 3.72. The Morgan fingerprint density at radius 2 is 1.41 bits per heavy atom. The Bertz CT molecular complexity index is 779. The molecule has 0 aromatic rings. The minimum absolute atomic E-state index is 0.00874. The second-order valence-electron chi connectivity index (χ2n) is 5.36. The fraction of sp³-hybridized carbons (Fsp3) is 0.278. The van der Waals surface area contributed by atoms with Crippen molar-refractivity contribution in [3.8, 4) is 11.1 Å². The van der Waals surface area contributed by atoms with Gasteiger partial charge in [-0.1, -0.05) is 24.3 Å². The minimum atomic E-state index is -1.01. The molecule has 1 amide bonds. The fourth-order valence-corrected chi connectivity index (χ4v) is 2.59. The molecule has 0 unspecified atom stereocenters. The number of nitrogen functional groups attached to an aromatic ring is 1. The lowest BCUT2D eigenvalue weighted by Crippen LogP contribution is -2.19. The SMILES string of the molecule is CCOC(=O)c1c2ccc(COC(=O)NO)ccc-2c(C(=O)OCC)c1N. The van der Waals surface area contributed by atoms with Crippen LogP contribution in [0.3, 0.4) is 0 Å². The smallest absolute Gasteiger partial charge is 0.431 e. The number of hydroxylamine groups is 1. The van der Waals surface area contributed by atoms with Gasteiger partial charge in [0.1, 0.15) is 6.61 Å². The average molecular weight is 376 g/mol. The van der Waals surface area contributed by atoms with Gasteiger partial charge in [0.2, 0.25) is 0 Å². The molecule has 4 N–H and O–H groups in total. The molecule has 2 aliphatic carbocycles. The van der Waals surface area contributed by atoms with Crippen LogP contribution in [0, 0.1) is 0 Å². The van der Waals surface area contributed by atoms with Crippen molar-refractivity contribution in [3.05, 3.63) is 41.0 Å². The average Bonchev–Trinajstić information content (AvgIpc) is 2.77. The highest BCUT2D eigenvalue weighted by Gasteiger charge is 2.30. The van der Waals surface area contributed by atoms with Gasteiger partial charge in [0, 0.05) is 0 Å². The van der Waals surface area contributed by atoms with E-state index in [4.69, 9.17) is 25.2 Å². The number of ether oxygens (including phenoxy) is 3. The fourth-order valence-electron chi connectivity index (χ4n) is 2.59. The van der Waals surface area contributed by atoms with Gasteiger partial charge in [-0.2, -0.15) is 0 Å². The number of hydrogen-bond donors (Lipinski definition) is 3. The number of nitrogens with two attached hydrogens (primary N) is 1. The summed E-state index contributed by atoms with van der Waals surface area (Å²) in [7, 11) is 0. The Kier molecular flexibility index (Phi) is 6.56. The summed E-state index contributed by atoms with van der Waals surface area (Å²) in [6, 6.07) is 6.36. The maximum absolute atomic E-state index is 12.4. The first-order chi connectivity index (χ1) is 12.9. The standard InChI is InChI=1S/C18H20N2O7/c1-3-25-16(21)13-11-7-5-10(9-27-18(23)20-24)6-8-12(11)14(15(13)19)17(22)26-4-2/h5-8,24H,3-4,9,19H2,1-2H3,(H,20,23). The molecule has 0 aliphatic heterocycles. The Labute approximate surface area is 155 Å². The number of esters is 2. The lowest BCUT2D eigenvalue weighted by atomic mass is 10.1. The molecule has 0 aromatic heterocycles. The van der Waals surface area contributed by atoms with E-state index in [2.05, 4.69) is 0 Å². The molecule has 0 spiro atoms. The summed E-state index contributed by atoms with van der Waals surface area (Å²) in [5, 5.41) is 8.47. The zero-order chi connectivity index (χ0) is 20.0. The van der Waals surface area contributed by atoms with Gasteiger partial charge in [-0.05, 0) is 30.5 Å². The van der Waals surface area contributed by atoms with Crippen LogP contribution >= 0.6 is 0 Å². The predicted molar refractivity (Wildman–Crippen MR) is 94.5 cm³/mol. The number of rotatable bonds is 6. The third kappa shape index (κ3) is 4.26. The summed E-state index contributed by atoms with van der Waals surface area (Å²) >= 11 is 0. The lowest BCUT2D eigenvalue weighted by Gasteiger charge is -2.03. The quantitative estimate of drug-likeness (QED) is 0.302. The van der Waals surface area contributed by atoms with Crippen LogP contribution in [0.4, 0.5) is 10.5 Å². The first kappa shape index (κ1) is 20.0. The number of amides is 1. The summed E-state index contributed by atoms with van der Waals surface area (Å²) < 4.78 is 14.9. The molecule has 0 aromatic carbocycles. The number of nitrogens with one attached hydrogen (secondary N) is 1. The molecule has 0 saturated heterocycles. The van der Waals surface area contributed by atoms with Crippen molar-refractivity contribution in [1.82, 2.24) is 5.48 Å². The van der Waals surface area contributed by atoms with Gasteiger partial charge in [-0.15, -0.1) is 0 Å². The van der Waals surface area contributed by atoms with Gasteiger partial charge in [-0.3, -0.25) is 5.21 Å². The molecule has 0 saturated carbocycles. The number of anilines is 1. The highest BCUT2D eigenvalue weighted by Crippen LogP contribution is 2.39. The molecule has 144 valence electrons. The summed E-state index contributed by atoms with van der Waals surface area (Å²) in [6.07, 6.45) is -1.01. The van der Waals surface area contributed by atoms with Crippen molar-refractivity contribution in [1.29, 1.82) is 0 Å². The van der Waals surface area contributed by atoms with E-state index in [1.165, 1.54) is 5.48 Å². The van der Waals surface area contributed by atoms with Crippen molar-refractivity contribution in [2.75, 3.05) is 18.9 Å². The van der Waals surface area contributed by atoms with Crippen LogP contribution in [0.2, 0.25) is 0 Å².